The molecule has 1 aliphatic carbocycles. The molecule has 1 aliphatic rings. The highest BCUT2D eigenvalue weighted by atomic mass is 35.5. The number of amides is 1. The molecule has 1 N–H and O–H groups in total. The normalized spacial score (nSPS) is 15.0. The molecule has 1 amide bonds. The van der Waals surface area contributed by atoms with E-state index in [4.69, 9.17) is 21.1 Å². The first kappa shape index (κ1) is 17.5. The largest absolute Gasteiger partial charge is 0.478 e. The minimum absolute atomic E-state index is 0.0401. The number of rotatable bonds is 6. The fourth-order valence-corrected chi connectivity index (χ4v) is 3.37. The lowest BCUT2D eigenvalue weighted by atomic mass is 9.95. The molecule has 6 heteroatoms. The van der Waals surface area contributed by atoms with Crippen LogP contribution in [0.25, 0.3) is 0 Å². The molecule has 0 atom stereocenters. The molecule has 0 saturated heterocycles. The fraction of sp³-hybridized carbons (Fsp3) is 0.368. The summed E-state index contributed by atoms with van der Waals surface area (Å²) in [5.74, 6) is -0.169. The van der Waals surface area contributed by atoms with E-state index in [-0.39, 0.29) is 18.0 Å². The van der Waals surface area contributed by atoms with Gasteiger partial charge < -0.3 is 14.4 Å². The molecule has 5 nitrogen and oxygen atoms in total. The van der Waals surface area contributed by atoms with Gasteiger partial charge in [-0.1, -0.05) is 29.8 Å². The Kier molecular flexibility index (Phi) is 4.60. The molecular weight excluding hydrogens is 342 g/mol. The number of aryl methyl sites for hydroxylation is 1. The van der Waals surface area contributed by atoms with Crippen LogP contribution in [-0.2, 0) is 17.8 Å². The fourth-order valence-electron chi connectivity index (χ4n) is 3.17. The van der Waals surface area contributed by atoms with Crippen molar-refractivity contribution < 1.29 is 19.1 Å². The van der Waals surface area contributed by atoms with Gasteiger partial charge in [0.2, 0.25) is 5.91 Å². The van der Waals surface area contributed by atoms with Crippen LogP contribution in [0.2, 0.25) is 5.02 Å². The molecule has 1 saturated carbocycles. The summed E-state index contributed by atoms with van der Waals surface area (Å²) in [5.41, 5.74) is 0.704. The van der Waals surface area contributed by atoms with Crippen molar-refractivity contribution in [1.82, 2.24) is 4.90 Å². The van der Waals surface area contributed by atoms with E-state index in [2.05, 4.69) is 0 Å². The van der Waals surface area contributed by atoms with Gasteiger partial charge in [-0.25, -0.2) is 4.79 Å². The van der Waals surface area contributed by atoms with Gasteiger partial charge in [0.1, 0.15) is 17.1 Å². The Balaban J connectivity index is 1.71. The van der Waals surface area contributed by atoms with Crippen LogP contribution in [-0.4, -0.2) is 28.9 Å². The van der Waals surface area contributed by atoms with E-state index in [0.717, 1.165) is 18.4 Å². The Bertz CT molecular complexity index is 823. The molecule has 132 valence electrons. The Hall–Kier alpha value is -2.27. The molecule has 1 heterocycles. The van der Waals surface area contributed by atoms with Gasteiger partial charge in [0.25, 0.3) is 0 Å². The summed E-state index contributed by atoms with van der Waals surface area (Å²) in [7, 11) is 1.72. The second-order valence-electron chi connectivity index (χ2n) is 6.70. The van der Waals surface area contributed by atoms with Crippen LogP contribution >= 0.6 is 11.6 Å². The van der Waals surface area contributed by atoms with Crippen molar-refractivity contribution in [2.45, 2.75) is 32.7 Å². The van der Waals surface area contributed by atoms with Crippen molar-refractivity contribution in [2.75, 3.05) is 7.05 Å². The summed E-state index contributed by atoms with van der Waals surface area (Å²) in [4.78, 5) is 25.6. The van der Waals surface area contributed by atoms with Crippen LogP contribution in [0.5, 0.6) is 0 Å². The lowest BCUT2D eigenvalue weighted by Gasteiger charge is -2.23. The van der Waals surface area contributed by atoms with Gasteiger partial charge in [0.15, 0.2) is 0 Å². The van der Waals surface area contributed by atoms with Crippen molar-refractivity contribution in [3.05, 3.63) is 58.0 Å². The van der Waals surface area contributed by atoms with Crippen molar-refractivity contribution in [3.8, 4) is 0 Å². The molecule has 1 fully saturated rings. The molecule has 0 radical (unpaired) electrons. The van der Waals surface area contributed by atoms with Crippen LogP contribution in [0, 0.1) is 12.3 Å². The highest BCUT2D eigenvalue weighted by Crippen LogP contribution is 2.50. The minimum atomic E-state index is -1.03. The molecule has 0 unspecified atom stereocenters. The van der Waals surface area contributed by atoms with Crippen LogP contribution < -0.4 is 0 Å². The van der Waals surface area contributed by atoms with Gasteiger partial charge in [-0.2, -0.15) is 0 Å². The Labute approximate surface area is 151 Å². The summed E-state index contributed by atoms with van der Waals surface area (Å²) in [6, 6.07) is 9.06. The van der Waals surface area contributed by atoms with Gasteiger partial charge in [0, 0.05) is 12.1 Å². The number of hydrogen-bond donors (Lipinski definition) is 1. The Morgan fingerprint density at radius 3 is 2.56 bits per heavy atom. The predicted molar refractivity (Wildman–Crippen MR) is 93.7 cm³/mol. The van der Waals surface area contributed by atoms with Crippen molar-refractivity contribution in [3.63, 3.8) is 0 Å². The average molecular weight is 362 g/mol. The average Bonchev–Trinajstić information content (AvgIpc) is 3.25. The summed E-state index contributed by atoms with van der Waals surface area (Å²) in [6.45, 7) is 1.85. The number of halogens is 1. The number of nitrogens with zero attached hydrogens (tertiary/aromatic N) is 1. The number of carbonyl (C=O) groups is 2. The molecule has 0 aliphatic heterocycles. The molecule has 1 aromatic heterocycles. The zero-order valence-electron chi connectivity index (χ0n) is 14.2. The van der Waals surface area contributed by atoms with Gasteiger partial charge >= 0.3 is 5.97 Å². The summed E-state index contributed by atoms with van der Waals surface area (Å²) in [6.07, 6.45) is 2.28. The van der Waals surface area contributed by atoms with Crippen molar-refractivity contribution in [1.29, 1.82) is 0 Å². The molecule has 3 rings (SSSR count). The van der Waals surface area contributed by atoms with E-state index in [0.29, 0.717) is 23.0 Å². The van der Waals surface area contributed by atoms with E-state index in [1.807, 2.05) is 24.3 Å². The first-order valence-electron chi connectivity index (χ1n) is 8.14. The number of carbonyl (C=O) groups excluding carboxylic acids is 1. The standard InChI is InChI=1S/C19H20ClNO4/c1-12-15(17(22)23)9-14(25-12)11-21(2)18(24)19(7-8-19)10-13-5-3-4-6-16(13)20/h3-6,9H,7-8,10-11H2,1-2H3,(H,22,23). The van der Waals surface area contributed by atoms with E-state index < -0.39 is 11.4 Å². The van der Waals surface area contributed by atoms with Gasteiger partial charge in [-0.15, -0.1) is 0 Å². The van der Waals surface area contributed by atoms with Gasteiger partial charge in [-0.3, -0.25) is 4.79 Å². The highest BCUT2D eigenvalue weighted by Gasteiger charge is 2.51. The zero-order chi connectivity index (χ0) is 18.2. The van der Waals surface area contributed by atoms with Gasteiger partial charge in [0.05, 0.1) is 12.0 Å². The summed E-state index contributed by atoms with van der Waals surface area (Å²) < 4.78 is 5.47. The van der Waals surface area contributed by atoms with Crippen LogP contribution in [0.3, 0.4) is 0 Å². The minimum Gasteiger partial charge on any atom is -0.478 e. The Morgan fingerprint density at radius 1 is 1.32 bits per heavy atom. The predicted octanol–water partition coefficient (Wildman–Crippen LogP) is 3.92. The summed E-state index contributed by atoms with van der Waals surface area (Å²) >= 11 is 6.23. The first-order valence-corrected chi connectivity index (χ1v) is 8.52. The molecule has 0 bridgehead atoms. The third kappa shape index (κ3) is 3.56. The van der Waals surface area contributed by atoms with Crippen molar-refractivity contribution in [2.24, 2.45) is 5.41 Å². The molecule has 2 aromatic rings. The van der Waals surface area contributed by atoms with E-state index >= 15 is 0 Å². The van der Waals surface area contributed by atoms with E-state index in [1.165, 1.54) is 6.07 Å². The second-order valence-corrected chi connectivity index (χ2v) is 7.10. The van der Waals surface area contributed by atoms with Gasteiger partial charge in [-0.05, 0) is 43.9 Å². The van der Waals surface area contributed by atoms with Crippen LogP contribution in [0.4, 0.5) is 0 Å². The SMILES string of the molecule is Cc1oc(CN(C)C(=O)C2(Cc3ccccc3Cl)CC2)cc1C(=O)O. The quantitative estimate of drug-likeness (QED) is 0.846. The third-order valence-corrected chi connectivity index (χ3v) is 5.10. The molecule has 0 spiro atoms. The molecule has 25 heavy (non-hydrogen) atoms. The van der Waals surface area contributed by atoms with E-state index in [9.17, 15) is 9.59 Å². The van der Waals surface area contributed by atoms with E-state index in [1.54, 1.807) is 18.9 Å². The smallest absolute Gasteiger partial charge is 0.339 e. The monoisotopic (exact) mass is 361 g/mol. The number of furan rings is 1. The number of hydrogen-bond acceptors (Lipinski definition) is 3. The lowest BCUT2D eigenvalue weighted by molar-refractivity contribution is -0.136. The molecular formula is C19H20ClNO4. The number of carboxylic acids is 1. The maximum Gasteiger partial charge on any atom is 0.339 e. The zero-order valence-corrected chi connectivity index (χ0v) is 15.0. The number of carboxylic acid groups (broad SMARTS) is 1. The maximum atomic E-state index is 12.9. The first-order chi connectivity index (χ1) is 11.8. The van der Waals surface area contributed by atoms with Crippen molar-refractivity contribution >= 4 is 23.5 Å². The Morgan fingerprint density at radius 2 is 2.00 bits per heavy atom. The lowest BCUT2D eigenvalue weighted by Crippen LogP contribution is -2.34. The highest BCUT2D eigenvalue weighted by molar-refractivity contribution is 6.31. The number of aromatic carboxylic acids is 1. The topological polar surface area (TPSA) is 70.8 Å². The maximum absolute atomic E-state index is 12.9. The van der Waals surface area contributed by atoms with Crippen LogP contribution in [0.1, 0.15) is 40.3 Å². The third-order valence-electron chi connectivity index (χ3n) is 4.73. The second kappa shape index (κ2) is 6.56. The number of benzene rings is 1. The van der Waals surface area contributed by atoms with Crippen LogP contribution in [0.15, 0.2) is 34.7 Å². The summed E-state index contributed by atoms with van der Waals surface area (Å²) in [5, 5.41) is 9.78. The molecule has 1 aromatic carbocycles.